The molecule has 142 valence electrons. The van der Waals surface area contributed by atoms with E-state index in [1.807, 2.05) is 19.2 Å². The first-order chi connectivity index (χ1) is 14.2. The number of hydrogen-bond donors (Lipinski definition) is 1. The largest absolute Gasteiger partial charge is 0.456 e. The van der Waals surface area contributed by atoms with Crippen LogP contribution in [0.2, 0.25) is 0 Å². The summed E-state index contributed by atoms with van der Waals surface area (Å²) < 4.78 is 8.65. The van der Waals surface area contributed by atoms with Gasteiger partial charge in [-0.15, -0.1) is 0 Å². The van der Waals surface area contributed by atoms with Gasteiger partial charge in [0.2, 0.25) is 5.69 Å². The Balaban J connectivity index is 1.83. The third-order valence-electron chi connectivity index (χ3n) is 5.64. The molecular weight excluding hydrogens is 356 g/mol. The lowest BCUT2D eigenvalue weighted by atomic mass is 9.92. The van der Waals surface area contributed by atoms with Gasteiger partial charge in [-0.25, -0.2) is 4.57 Å². The second kappa shape index (κ2) is 6.78. The van der Waals surface area contributed by atoms with Gasteiger partial charge in [0.1, 0.15) is 18.5 Å². The highest BCUT2D eigenvalue weighted by atomic mass is 16.5. The molecule has 1 aliphatic rings. The highest BCUT2D eigenvalue weighted by Crippen LogP contribution is 2.49. The van der Waals surface area contributed by atoms with E-state index >= 15 is 0 Å². The molecule has 1 aliphatic heterocycles. The minimum absolute atomic E-state index is 0.875. The average molecular weight is 379 g/mol. The van der Waals surface area contributed by atoms with E-state index in [-0.39, 0.29) is 0 Å². The summed E-state index contributed by atoms with van der Waals surface area (Å²) >= 11 is 0. The standard InChI is InChI=1S/C26H22N2O/c1-17-9-8-14-28(3)26(17)22-16-25-21(15-23(22)27-2)19-11-5-4-10-18(19)20-12-6-7-13-24(20)29-25/h4-16H,1-3H3/p+1. The number of hydrogen-bond acceptors (Lipinski definition) is 2. The normalized spacial score (nSPS) is 11.6. The van der Waals surface area contributed by atoms with Crippen LogP contribution >= 0.6 is 0 Å². The third-order valence-corrected chi connectivity index (χ3v) is 5.64. The quantitative estimate of drug-likeness (QED) is 0.382. The Morgan fingerprint density at radius 1 is 0.724 bits per heavy atom. The topological polar surface area (TPSA) is 25.1 Å². The molecule has 0 saturated carbocycles. The van der Waals surface area contributed by atoms with Crippen LogP contribution in [0.3, 0.4) is 0 Å². The Bertz CT molecular complexity index is 1220. The molecule has 1 N–H and O–H groups in total. The molecule has 0 atom stereocenters. The molecule has 0 aliphatic carbocycles. The number of benzene rings is 3. The Kier molecular flexibility index (Phi) is 4.09. The van der Waals surface area contributed by atoms with Gasteiger partial charge < -0.3 is 10.1 Å². The molecule has 4 aromatic rings. The lowest BCUT2D eigenvalue weighted by molar-refractivity contribution is -0.660. The number of aryl methyl sites for hydroxylation is 2. The van der Waals surface area contributed by atoms with Crippen LogP contribution in [-0.2, 0) is 7.05 Å². The van der Waals surface area contributed by atoms with Crippen LogP contribution in [0.1, 0.15) is 5.56 Å². The van der Waals surface area contributed by atoms with E-state index in [1.165, 1.54) is 22.4 Å². The first-order valence-electron chi connectivity index (χ1n) is 9.85. The molecule has 0 unspecified atom stereocenters. The number of rotatable bonds is 2. The van der Waals surface area contributed by atoms with Gasteiger partial charge in [-0.05, 0) is 42.3 Å². The second-order valence-corrected chi connectivity index (χ2v) is 7.44. The molecule has 0 amide bonds. The van der Waals surface area contributed by atoms with Crippen molar-refractivity contribution >= 4 is 5.69 Å². The van der Waals surface area contributed by atoms with Crippen molar-refractivity contribution in [2.45, 2.75) is 6.92 Å². The molecule has 5 rings (SSSR count). The Hall–Kier alpha value is -3.59. The van der Waals surface area contributed by atoms with Gasteiger partial charge in [0.05, 0.1) is 5.56 Å². The maximum atomic E-state index is 6.49. The molecule has 3 heteroatoms. The maximum absolute atomic E-state index is 6.49. The van der Waals surface area contributed by atoms with Crippen LogP contribution in [0, 0.1) is 6.92 Å². The van der Waals surface area contributed by atoms with Crippen LogP contribution in [0.4, 0.5) is 5.69 Å². The van der Waals surface area contributed by atoms with Gasteiger partial charge in [-0.2, -0.15) is 0 Å². The maximum Gasteiger partial charge on any atom is 0.217 e. The number of nitrogens with one attached hydrogen (secondary N) is 1. The van der Waals surface area contributed by atoms with E-state index in [9.17, 15) is 0 Å². The number of ether oxygens (including phenoxy) is 1. The van der Waals surface area contributed by atoms with E-state index in [0.717, 1.165) is 33.9 Å². The molecule has 3 aromatic carbocycles. The van der Waals surface area contributed by atoms with Crippen molar-refractivity contribution in [1.82, 2.24) is 0 Å². The number of pyridine rings is 1. The van der Waals surface area contributed by atoms with Crippen molar-refractivity contribution in [1.29, 1.82) is 0 Å². The van der Waals surface area contributed by atoms with Gasteiger partial charge in [-0.3, -0.25) is 0 Å². The summed E-state index contributed by atoms with van der Waals surface area (Å²) in [6.45, 7) is 2.14. The Morgan fingerprint density at radius 2 is 1.41 bits per heavy atom. The molecule has 0 bridgehead atoms. The molecule has 0 saturated heterocycles. The lowest BCUT2D eigenvalue weighted by Gasteiger charge is -2.15. The van der Waals surface area contributed by atoms with Crippen LogP contribution in [0.25, 0.3) is 33.5 Å². The molecule has 2 heterocycles. The summed E-state index contributed by atoms with van der Waals surface area (Å²) in [6, 6.07) is 25.4. The summed E-state index contributed by atoms with van der Waals surface area (Å²) in [5.74, 6) is 1.76. The fraction of sp³-hybridized carbons (Fsp3) is 0.115. The van der Waals surface area contributed by atoms with E-state index < -0.39 is 0 Å². The van der Waals surface area contributed by atoms with Crippen LogP contribution in [0.5, 0.6) is 11.5 Å². The van der Waals surface area contributed by atoms with Crippen molar-refractivity contribution in [3.8, 4) is 45.0 Å². The Labute approximate surface area is 171 Å². The second-order valence-electron chi connectivity index (χ2n) is 7.44. The number of fused-ring (bicyclic) bond motifs is 5. The van der Waals surface area contributed by atoms with Crippen molar-refractivity contribution in [2.75, 3.05) is 12.4 Å². The lowest BCUT2D eigenvalue weighted by Crippen LogP contribution is -2.31. The number of aromatic nitrogens is 1. The third kappa shape index (κ3) is 2.78. The molecule has 29 heavy (non-hydrogen) atoms. The van der Waals surface area contributed by atoms with Crippen LogP contribution in [-0.4, -0.2) is 7.05 Å². The predicted octanol–water partition coefficient (Wildman–Crippen LogP) is 5.97. The van der Waals surface area contributed by atoms with Crippen molar-refractivity contribution in [2.24, 2.45) is 7.05 Å². The highest BCUT2D eigenvalue weighted by Gasteiger charge is 2.25. The zero-order chi connectivity index (χ0) is 20.0. The molecule has 0 radical (unpaired) electrons. The zero-order valence-electron chi connectivity index (χ0n) is 16.9. The van der Waals surface area contributed by atoms with E-state index in [0.29, 0.717) is 0 Å². The van der Waals surface area contributed by atoms with E-state index in [2.05, 4.69) is 90.7 Å². The monoisotopic (exact) mass is 379 g/mol. The Morgan fingerprint density at radius 3 is 2.14 bits per heavy atom. The first kappa shape index (κ1) is 17.5. The van der Waals surface area contributed by atoms with Gasteiger partial charge in [0.25, 0.3) is 0 Å². The first-order valence-corrected chi connectivity index (χ1v) is 9.85. The van der Waals surface area contributed by atoms with E-state index in [1.54, 1.807) is 0 Å². The minimum atomic E-state index is 0.875. The molecule has 1 aromatic heterocycles. The number of nitrogens with zero attached hydrogens (tertiary/aromatic N) is 1. The van der Waals surface area contributed by atoms with Crippen molar-refractivity contribution in [3.05, 3.63) is 84.6 Å². The van der Waals surface area contributed by atoms with Crippen LogP contribution in [0.15, 0.2) is 79.0 Å². The smallest absolute Gasteiger partial charge is 0.217 e. The van der Waals surface area contributed by atoms with Crippen molar-refractivity contribution < 1.29 is 9.30 Å². The molecule has 0 fully saturated rings. The summed E-state index contributed by atoms with van der Waals surface area (Å²) in [7, 11) is 4.06. The summed E-state index contributed by atoms with van der Waals surface area (Å²) in [5.41, 5.74) is 9.20. The molecule has 0 spiro atoms. The fourth-order valence-corrected chi connectivity index (χ4v) is 4.28. The number of para-hydroxylation sites is 1. The minimum Gasteiger partial charge on any atom is -0.456 e. The predicted molar refractivity (Wildman–Crippen MR) is 118 cm³/mol. The van der Waals surface area contributed by atoms with Gasteiger partial charge in [0, 0.05) is 35.5 Å². The van der Waals surface area contributed by atoms with E-state index in [4.69, 9.17) is 4.74 Å². The van der Waals surface area contributed by atoms with Gasteiger partial charge in [0.15, 0.2) is 6.20 Å². The van der Waals surface area contributed by atoms with Gasteiger partial charge >= 0.3 is 0 Å². The van der Waals surface area contributed by atoms with Gasteiger partial charge in [-0.1, -0.05) is 42.5 Å². The average Bonchev–Trinajstić information content (AvgIpc) is 2.87. The molecule has 3 nitrogen and oxygen atoms in total. The zero-order valence-corrected chi connectivity index (χ0v) is 16.9. The SMILES string of the molecule is CNc1cc2c(cc1-c1c(C)ccc[n+]1C)Oc1ccccc1-c1ccccc1-2. The van der Waals surface area contributed by atoms with Crippen molar-refractivity contribution in [3.63, 3.8) is 0 Å². The van der Waals surface area contributed by atoms with Crippen LogP contribution < -0.4 is 14.6 Å². The highest BCUT2D eigenvalue weighted by molar-refractivity contribution is 5.94. The summed E-state index contributed by atoms with van der Waals surface area (Å²) in [5, 5.41) is 3.40. The fourth-order valence-electron chi connectivity index (χ4n) is 4.28. The molecular formula is C26H23N2O+. The summed E-state index contributed by atoms with van der Waals surface area (Å²) in [4.78, 5) is 0. The summed E-state index contributed by atoms with van der Waals surface area (Å²) in [6.07, 6.45) is 2.08. The number of anilines is 1.